The lowest BCUT2D eigenvalue weighted by molar-refractivity contribution is -0.165. The molecule has 13 heteroatoms. The third kappa shape index (κ3) is 5.88. The summed E-state index contributed by atoms with van der Waals surface area (Å²) in [5.74, 6) is -1.10. The van der Waals surface area contributed by atoms with Gasteiger partial charge in [-0.2, -0.15) is 28.9 Å². The van der Waals surface area contributed by atoms with Crippen LogP contribution >= 0.6 is 10.6 Å². The molecular formula is C24H32F4N4O4S. The molecule has 1 aliphatic carbocycles. The molecule has 3 N–H and O–H groups in total. The number of nitrogens with one attached hydrogen (secondary N) is 1. The van der Waals surface area contributed by atoms with Gasteiger partial charge in [-0.05, 0) is 46.5 Å². The summed E-state index contributed by atoms with van der Waals surface area (Å²) in [5, 5.41) is 7.22. The molecule has 0 saturated carbocycles. The lowest BCUT2D eigenvalue weighted by Crippen LogP contribution is -2.52. The van der Waals surface area contributed by atoms with Crippen LogP contribution < -0.4 is 10.1 Å². The van der Waals surface area contributed by atoms with Crippen LogP contribution in [0.4, 0.5) is 17.6 Å². The summed E-state index contributed by atoms with van der Waals surface area (Å²) < 4.78 is 82.0. The molecular weight excluding hydrogens is 516 g/mol. The second-order valence-electron chi connectivity index (χ2n) is 10.1. The highest BCUT2D eigenvalue weighted by atomic mass is 32.3. The number of nitrogens with zero attached hydrogens (tertiary/aromatic N) is 3. The molecule has 0 aromatic carbocycles. The van der Waals surface area contributed by atoms with E-state index in [-0.39, 0.29) is 59.7 Å². The topological polar surface area (TPSA) is 110 Å². The zero-order valence-electron chi connectivity index (χ0n) is 20.9. The molecule has 2 atom stereocenters. The Bertz CT molecular complexity index is 1160. The minimum Gasteiger partial charge on any atom is -0.478 e. The predicted molar refractivity (Wildman–Crippen MR) is 131 cm³/mol. The van der Waals surface area contributed by atoms with Crippen LogP contribution in [-0.2, 0) is 17.6 Å². The van der Waals surface area contributed by atoms with E-state index in [1.807, 2.05) is 6.92 Å². The van der Waals surface area contributed by atoms with Crippen LogP contribution in [0.3, 0.4) is 0 Å². The Balaban J connectivity index is 1.65. The highest BCUT2D eigenvalue weighted by molar-refractivity contribution is 8.24. The molecule has 4 rings (SSSR count). The van der Waals surface area contributed by atoms with Gasteiger partial charge in [-0.3, -0.25) is 18.6 Å². The average molecular weight is 549 g/mol. The molecule has 1 amide bonds. The molecule has 3 heterocycles. The second-order valence-corrected chi connectivity index (χ2v) is 12.5. The average Bonchev–Trinajstić information content (AvgIpc) is 3.20. The zero-order valence-corrected chi connectivity index (χ0v) is 21.8. The fourth-order valence-electron chi connectivity index (χ4n) is 4.89. The number of pyridine rings is 1. The minimum absolute atomic E-state index is 0.000525. The number of halogens is 4. The van der Waals surface area contributed by atoms with Gasteiger partial charge in [-0.25, -0.2) is 9.37 Å². The Morgan fingerprint density at radius 3 is 2.65 bits per heavy atom. The fourth-order valence-corrected chi connectivity index (χ4v) is 6.65. The van der Waals surface area contributed by atoms with Gasteiger partial charge < -0.3 is 10.1 Å². The maximum atomic E-state index is 14.8. The summed E-state index contributed by atoms with van der Waals surface area (Å²) in [7, 11) is -2.63. The Morgan fingerprint density at radius 2 is 2.03 bits per heavy atom. The first kappa shape index (κ1) is 27.6. The molecule has 0 bridgehead atoms. The van der Waals surface area contributed by atoms with E-state index in [0.717, 1.165) is 17.8 Å². The maximum Gasteiger partial charge on any atom is 0.410 e. The van der Waals surface area contributed by atoms with E-state index >= 15 is 0 Å². The van der Waals surface area contributed by atoms with Crippen molar-refractivity contribution in [2.24, 2.45) is 5.92 Å². The molecule has 2 unspecified atom stereocenters. The van der Waals surface area contributed by atoms with Crippen molar-refractivity contribution in [3.63, 3.8) is 0 Å². The van der Waals surface area contributed by atoms with Gasteiger partial charge in [0.1, 0.15) is 6.04 Å². The summed E-state index contributed by atoms with van der Waals surface area (Å²) in [4.78, 5) is 17.1. The van der Waals surface area contributed by atoms with Gasteiger partial charge in [0.05, 0.1) is 18.5 Å². The molecule has 0 spiro atoms. The normalized spacial score (nSPS) is 22.6. The molecule has 2 aromatic heterocycles. The van der Waals surface area contributed by atoms with Crippen molar-refractivity contribution in [1.82, 2.24) is 20.1 Å². The van der Waals surface area contributed by atoms with Crippen LogP contribution in [0.25, 0.3) is 11.3 Å². The number of amides is 1. The van der Waals surface area contributed by atoms with Crippen molar-refractivity contribution < 1.29 is 36.2 Å². The first-order chi connectivity index (χ1) is 17.2. The van der Waals surface area contributed by atoms with Gasteiger partial charge in [-0.1, -0.05) is 0 Å². The van der Waals surface area contributed by atoms with Crippen LogP contribution in [0.15, 0.2) is 12.3 Å². The summed E-state index contributed by atoms with van der Waals surface area (Å²) in [6.45, 7) is 4.83. The molecule has 2 aromatic rings. The molecule has 8 nitrogen and oxygen atoms in total. The number of carbonyl (C=O) groups is 1. The van der Waals surface area contributed by atoms with Gasteiger partial charge in [0.25, 0.3) is 0 Å². The van der Waals surface area contributed by atoms with Crippen molar-refractivity contribution in [3.8, 4) is 17.1 Å². The minimum atomic E-state index is -4.60. The van der Waals surface area contributed by atoms with Gasteiger partial charge in [0.15, 0.2) is 5.82 Å². The third-order valence-electron chi connectivity index (χ3n) is 7.28. The zero-order chi connectivity index (χ0) is 27.2. The van der Waals surface area contributed by atoms with Crippen molar-refractivity contribution in [1.29, 1.82) is 0 Å². The first-order valence-electron chi connectivity index (χ1n) is 12.2. The number of hydrogen-bond donors (Lipinski definition) is 3. The van der Waals surface area contributed by atoms with Crippen LogP contribution in [0.1, 0.15) is 57.3 Å². The Hall–Kier alpha value is -2.38. The predicted octanol–water partition coefficient (Wildman–Crippen LogP) is 5.13. The van der Waals surface area contributed by atoms with Crippen LogP contribution in [0, 0.1) is 11.7 Å². The fraction of sp³-hybridized carbons (Fsp3) is 0.625. The quantitative estimate of drug-likeness (QED) is 0.432. The van der Waals surface area contributed by atoms with Crippen LogP contribution in [0.5, 0.6) is 5.88 Å². The Labute approximate surface area is 214 Å². The molecule has 206 valence electrons. The molecule has 0 radical (unpaired) electrons. The van der Waals surface area contributed by atoms with Crippen molar-refractivity contribution in [2.75, 3.05) is 18.1 Å². The number of carbonyl (C=O) groups excluding carboxylic acids is 1. The monoisotopic (exact) mass is 548 g/mol. The number of rotatable bonds is 6. The van der Waals surface area contributed by atoms with E-state index in [1.54, 1.807) is 6.92 Å². The van der Waals surface area contributed by atoms with E-state index in [1.165, 1.54) is 6.07 Å². The van der Waals surface area contributed by atoms with E-state index in [9.17, 15) is 31.5 Å². The molecule has 1 aliphatic heterocycles. The maximum absolute atomic E-state index is 14.8. The second kappa shape index (κ2) is 10.1. The molecule has 1 saturated heterocycles. The molecule has 2 aliphatic rings. The Morgan fingerprint density at radius 1 is 1.35 bits per heavy atom. The Kier molecular flexibility index (Phi) is 7.52. The highest BCUT2D eigenvalue weighted by Crippen LogP contribution is 2.47. The lowest BCUT2D eigenvalue weighted by atomic mass is 9.84. The summed E-state index contributed by atoms with van der Waals surface area (Å²) >= 11 is 0. The van der Waals surface area contributed by atoms with E-state index < -0.39 is 40.1 Å². The smallest absolute Gasteiger partial charge is 0.410 e. The van der Waals surface area contributed by atoms with Gasteiger partial charge in [0.2, 0.25) is 11.8 Å². The van der Waals surface area contributed by atoms with E-state index in [0.29, 0.717) is 24.8 Å². The first-order valence-corrected chi connectivity index (χ1v) is 14.1. The highest BCUT2D eigenvalue weighted by Gasteiger charge is 2.43. The number of hydrogen-bond acceptors (Lipinski definition) is 6. The standard InChI is InChI=1S/C24H32F4N4O4S/c1-4-36-20-12-17(18(25)13-29-20)21-16-6-5-15(11-19(16)32(31-21)14(2)24(26,27)28)22(33)30-23(3)7-9-37(34,35)10-8-23/h12-15,34-35H,4-11H2,1-3H3,(H,30,33). The van der Waals surface area contributed by atoms with Crippen LogP contribution in [-0.4, -0.2) is 59.6 Å². The number of aromatic nitrogens is 3. The largest absolute Gasteiger partial charge is 0.478 e. The summed E-state index contributed by atoms with van der Waals surface area (Å²) in [6, 6.07) is -0.647. The summed E-state index contributed by atoms with van der Waals surface area (Å²) in [5.41, 5.74) is 0.198. The van der Waals surface area contributed by atoms with E-state index in [2.05, 4.69) is 15.4 Å². The number of fused-ring (bicyclic) bond motifs is 1. The third-order valence-corrected chi connectivity index (χ3v) is 8.99. The van der Waals surface area contributed by atoms with Crippen molar-refractivity contribution >= 4 is 16.5 Å². The number of alkyl halides is 3. The lowest BCUT2D eigenvalue weighted by Gasteiger charge is -2.45. The number of ether oxygens (including phenoxy) is 1. The van der Waals surface area contributed by atoms with Crippen molar-refractivity contribution in [2.45, 2.75) is 70.6 Å². The van der Waals surface area contributed by atoms with Gasteiger partial charge >= 0.3 is 6.18 Å². The van der Waals surface area contributed by atoms with Gasteiger partial charge in [-0.15, -0.1) is 0 Å². The summed E-state index contributed by atoms with van der Waals surface area (Å²) in [6.07, 6.45) is -2.22. The molecule has 37 heavy (non-hydrogen) atoms. The molecule has 1 fully saturated rings. The SMILES string of the molecule is CCOc1cc(-c2nn(C(C)C(F)(F)F)c3c2CCC(C(=O)NC2(C)CCS(O)(O)CC2)C3)c(F)cn1. The van der Waals surface area contributed by atoms with E-state index in [4.69, 9.17) is 4.74 Å². The van der Waals surface area contributed by atoms with Crippen LogP contribution in [0.2, 0.25) is 0 Å². The van der Waals surface area contributed by atoms with Crippen molar-refractivity contribution in [3.05, 3.63) is 29.3 Å². The van der Waals surface area contributed by atoms with Gasteiger partial charge in [0, 0.05) is 52.3 Å².